The molecule has 0 saturated heterocycles. The monoisotopic (exact) mass is 377 g/mol. The van der Waals surface area contributed by atoms with Gasteiger partial charge in [0.2, 0.25) is 0 Å². The maximum absolute atomic E-state index is 12.6. The molecule has 0 aliphatic rings. The van der Waals surface area contributed by atoms with Gasteiger partial charge in [0.25, 0.3) is 15.9 Å². The van der Waals surface area contributed by atoms with Gasteiger partial charge in [0.15, 0.2) is 0 Å². The van der Waals surface area contributed by atoms with Crippen molar-refractivity contribution < 1.29 is 17.9 Å². The summed E-state index contributed by atoms with van der Waals surface area (Å²) in [5.74, 6) is 0.262. The number of rotatable bonds is 7. The summed E-state index contributed by atoms with van der Waals surface area (Å²) in [7, 11) is -2.30. The van der Waals surface area contributed by atoms with Gasteiger partial charge in [-0.2, -0.15) is 0 Å². The van der Waals surface area contributed by atoms with Crippen molar-refractivity contribution in [3.05, 3.63) is 53.6 Å². The van der Waals surface area contributed by atoms with Crippen molar-refractivity contribution >= 4 is 21.6 Å². The first-order valence-electron chi connectivity index (χ1n) is 8.05. The fourth-order valence-electron chi connectivity index (χ4n) is 2.25. The molecule has 1 amide bonds. The third-order valence-electron chi connectivity index (χ3n) is 3.84. The first kappa shape index (κ1) is 19.7. The summed E-state index contributed by atoms with van der Waals surface area (Å²) in [5, 5.41) is 2.73. The number of ether oxygens (including phenoxy) is 1. The number of anilines is 1. The molecule has 0 aliphatic carbocycles. The smallest absolute Gasteiger partial charge is 0.261 e. The summed E-state index contributed by atoms with van der Waals surface area (Å²) in [4.78, 5) is 12.4. The molecule has 0 heterocycles. The zero-order valence-electron chi connectivity index (χ0n) is 14.9. The molecule has 2 rings (SSSR count). The summed E-state index contributed by atoms with van der Waals surface area (Å²) in [6, 6.07) is 10.7. The fourth-order valence-corrected chi connectivity index (χ4v) is 3.33. The predicted octanol–water partition coefficient (Wildman–Crippen LogP) is 1.88. The Kier molecular flexibility index (Phi) is 6.23. The molecule has 0 bridgehead atoms. The second kappa shape index (κ2) is 8.20. The van der Waals surface area contributed by atoms with Gasteiger partial charge < -0.3 is 15.8 Å². The number of hydrogen-bond acceptors (Lipinski definition) is 5. The van der Waals surface area contributed by atoms with E-state index in [1.807, 2.05) is 0 Å². The molecule has 140 valence electrons. The lowest BCUT2D eigenvalue weighted by Gasteiger charge is -2.14. The number of sulfonamides is 1. The Morgan fingerprint density at radius 3 is 2.42 bits per heavy atom. The average Bonchev–Trinajstić information content (AvgIpc) is 2.62. The molecule has 4 N–H and O–H groups in total. The quantitative estimate of drug-likeness (QED) is 0.682. The minimum absolute atomic E-state index is 0.00414. The van der Waals surface area contributed by atoms with Crippen molar-refractivity contribution in [2.24, 2.45) is 5.73 Å². The summed E-state index contributed by atoms with van der Waals surface area (Å²) in [6.45, 7) is 3.82. The maximum atomic E-state index is 12.6. The van der Waals surface area contributed by atoms with Crippen molar-refractivity contribution in [2.75, 3.05) is 18.4 Å². The number of methoxy groups -OCH3 is 1. The van der Waals surface area contributed by atoms with Crippen molar-refractivity contribution in [1.82, 2.24) is 5.32 Å². The largest absolute Gasteiger partial charge is 0.497 e. The van der Waals surface area contributed by atoms with Crippen molar-refractivity contribution in [2.45, 2.75) is 24.8 Å². The van der Waals surface area contributed by atoms with Gasteiger partial charge in [-0.15, -0.1) is 0 Å². The molecule has 26 heavy (non-hydrogen) atoms. The van der Waals surface area contributed by atoms with Crippen LogP contribution in [0.4, 0.5) is 5.69 Å². The van der Waals surface area contributed by atoms with Crippen LogP contribution in [0.25, 0.3) is 0 Å². The molecule has 0 saturated carbocycles. The zero-order valence-corrected chi connectivity index (χ0v) is 15.8. The Hall–Kier alpha value is -2.58. The Labute approximate surface area is 153 Å². The van der Waals surface area contributed by atoms with E-state index in [0.717, 1.165) is 0 Å². The van der Waals surface area contributed by atoms with Crippen LogP contribution in [0.15, 0.2) is 47.4 Å². The predicted molar refractivity (Wildman–Crippen MR) is 101 cm³/mol. The first-order chi connectivity index (χ1) is 12.3. The van der Waals surface area contributed by atoms with E-state index in [1.165, 1.54) is 19.2 Å². The number of amides is 1. The second-order valence-electron chi connectivity index (χ2n) is 5.92. The molecule has 0 aliphatic heterocycles. The van der Waals surface area contributed by atoms with Gasteiger partial charge in [0, 0.05) is 23.8 Å². The Balaban J connectivity index is 2.28. The molecule has 2 aromatic rings. The fraction of sp³-hybridized carbons (Fsp3) is 0.278. The van der Waals surface area contributed by atoms with Crippen LogP contribution >= 0.6 is 0 Å². The number of hydrogen-bond donors (Lipinski definition) is 3. The summed E-state index contributed by atoms with van der Waals surface area (Å²) in [6.07, 6.45) is 0. The van der Waals surface area contributed by atoms with Gasteiger partial charge in [-0.05, 0) is 55.8 Å². The highest BCUT2D eigenvalue weighted by Gasteiger charge is 2.19. The number of nitrogens with one attached hydrogen (secondary N) is 2. The van der Waals surface area contributed by atoms with E-state index in [1.54, 1.807) is 44.2 Å². The van der Waals surface area contributed by atoms with Gasteiger partial charge >= 0.3 is 0 Å². The average molecular weight is 377 g/mol. The topological polar surface area (TPSA) is 111 Å². The lowest BCUT2D eigenvalue weighted by atomic mass is 10.1. The molecule has 7 nitrogen and oxygen atoms in total. The molecule has 0 unspecified atom stereocenters. The Bertz CT molecular complexity index is 880. The van der Waals surface area contributed by atoms with Crippen LogP contribution in [0.5, 0.6) is 5.75 Å². The molecule has 8 heteroatoms. The standard InChI is InChI=1S/C18H23N3O4S/c1-12-4-9-16(10-17(12)18(22)20-13(2)11-19)26(23,24)21-14-5-7-15(25-3)8-6-14/h4-10,13,21H,11,19H2,1-3H3,(H,20,22)/t13-/m0/s1. The maximum Gasteiger partial charge on any atom is 0.261 e. The minimum Gasteiger partial charge on any atom is -0.497 e. The van der Waals surface area contributed by atoms with Gasteiger partial charge in [-0.1, -0.05) is 6.07 Å². The molecule has 2 aromatic carbocycles. The van der Waals surface area contributed by atoms with Crippen LogP contribution in [-0.4, -0.2) is 34.0 Å². The molecule has 1 atom stereocenters. The van der Waals surface area contributed by atoms with Crippen molar-refractivity contribution in [3.63, 3.8) is 0 Å². The zero-order chi connectivity index (χ0) is 19.3. The Morgan fingerprint density at radius 1 is 1.19 bits per heavy atom. The first-order valence-corrected chi connectivity index (χ1v) is 9.53. The normalized spacial score (nSPS) is 12.3. The van der Waals surface area contributed by atoms with Crippen LogP contribution in [0, 0.1) is 6.92 Å². The number of carbonyl (C=O) groups is 1. The lowest BCUT2D eigenvalue weighted by molar-refractivity contribution is 0.0940. The minimum atomic E-state index is -3.84. The summed E-state index contributed by atoms with van der Waals surface area (Å²) < 4.78 is 32.8. The third-order valence-corrected chi connectivity index (χ3v) is 5.22. The van der Waals surface area contributed by atoms with E-state index < -0.39 is 10.0 Å². The van der Waals surface area contributed by atoms with E-state index in [-0.39, 0.29) is 16.8 Å². The lowest BCUT2D eigenvalue weighted by Crippen LogP contribution is -2.38. The molecular formula is C18H23N3O4S. The van der Waals surface area contributed by atoms with E-state index in [4.69, 9.17) is 10.5 Å². The Morgan fingerprint density at radius 2 is 1.85 bits per heavy atom. The molecule has 0 spiro atoms. The second-order valence-corrected chi connectivity index (χ2v) is 7.60. The SMILES string of the molecule is COc1ccc(NS(=O)(=O)c2ccc(C)c(C(=O)N[C@@H](C)CN)c2)cc1. The summed E-state index contributed by atoms with van der Waals surface area (Å²) in [5.41, 5.74) is 6.88. The van der Waals surface area contributed by atoms with E-state index in [2.05, 4.69) is 10.0 Å². The highest BCUT2D eigenvalue weighted by atomic mass is 32.2. The number of nitrogens with two attached hydrogens (primary N) is 1. The number of benzene rings is 2. The third kappa shape index (κ3) is 4.74. The van der Waals surface area contributed by atoms with Crippen LogP contribution in [0.2, 0.25) is 0 Å². The van der Waals surface area contributed by atoms with Crippen LogP contribution in [-0.2, 0) is 10.0 Å². The van der Waals surface area contributed by atoms with Gasteiger partial charge in [0.1, 0.15) is 5.75 Å². The molecular weight excluding hydrogens is 354 g/mol. The van der Waals surface area contributed by atoms with Crippen LogP contribution in [0.3, 0.4) is 0 Å². The number of carbonyl (C=O) groups excluding carboxylic acids is 1. The van der Waals surface area contributed by atoms with E-state index in [9.17, 15) is 13.2 Å². The van der Waals surface area contributed by atoms with Gasteiger partial charge in [0.05, 0.1) is 12.0 Å². The van der Waals surface area contributed by atoms with Crippen LogP contribution in [0.1, 0.15) is 22.8 Å². The highest BCUT2D eigenvalue weighted by molar-refractivity contribution is 7.92. The van der Waals surface area contributed by atoms with Crippen molar-refractivity contribution in [3.8, 4) is 5.75 Å². The van der Waals surface area contributed by atoms with Gasteiger partial charge in [-0.3, -0.25) is 9.52 Å². The van der Waals surface area contributed by atoms with E-state index >= 15 is 0 Å². The van der Waals surface area contributed by atoms with E-state index in [0.29, 0.717) is 29.1 Å². The van der Waals surface area contributed by atoms with Gasteiger partial charge in [-0.25, -0.2) is 8.42 Å². The van der Waals surface area contributed by atoms with Crippen LogP contribution < -0.4 is 20.5 Å². The molecule has 0 aromatic heterocycles. The summed E-state index contributed by atoms with van der Waals surface area (Å²) >= 11 is 0. The highest BCUT2D eigenvalue weighted by Crippen LogP contribution is 2.21. The molecule has 0 fully saturated rings. The number of aryl methyl sites for hydroxylation is 1. The van der Waals surface area contributed by atoms with Crippen molar-refractivity contribution in [1.29, 1.82) is 0 Å². The molecule has 0 radical (unpaired) electrons.